The van der Waals surface area contributed by atoms with Gasteiger partial charge in [-0.1, -0.05) is 38.5 Å². The molecular weight excluding hydrogens is 224 g/mol. The Morgan fingerprint density at radius 3 is 2.28 bits per heavy atom. The second-order valence-electron chi connectivity index (χ2n) is 6.49. The Kier molecular flexibility index (Phi) is 5.05. The van der Waals surface area contributed by atoms with Crippen LogP contribution in [0.15, 0.2) is 0 Å². The molecule has 0 radical (unpaired) electrons. The molecule has 2 rings (SSSR count). The van der Waals surface area contributed by atoms with E-state index in [9.17, 15) is 5.11 Å². The van der Waals surface area contributed by atoms with Gasteiger partial charge >= 0.3 is 0 Å². The molecule has 0 aromatic rings. The van der Waals surface area contributed by atoms with Crippen LogP contribution in [0.2, 0.25) is 0 Å². The van der Waals surface area contributed by atoms with Crippen LogP contribution in [-0.2, 0) is 0 Å². The summed E-state index contributed by atoms with van der Waals surface area (Å²) in [6.07, 6.45) is 11.4. The lowest BCUT2D eigenvalue weighted by atomic mass is 9.82. The highest BCUT2D eigenvalue weighted by atomic mass is 16.3. The minimum atomic E-state index is -0.808. The highest BCUT2D eigenvalue weighted by Crippen LogP contribution is 2.31. The average molecular weight is 254 g/mol. The maximum Gasteiger partial charge on any atom is 0.130 e. The molecule has 1 aliphatic heterocycles. The summed E-state index contributed by atoms with van der Waals surface area (Å²) in [7, 11) is 0. The van der Waals surface area contributed by atoms with Crippen molar-refractivity contribution in [2.24, 2.45) is 11.7 Å². The zero-order chi connectivity index (χ0) is 13.0. The monoisotopic (exact) mass is 254 g/mol. The van der Waals surface area contributed by atoms with Gasteiger partial charge in [0.05, 0.1) is 0 Å². The fourth-order valence-electron chi connectivity index (χ4n) is 3.59. The normalized spacial score (nSPS) is 28.8. The molecule has 0 bridgehead atoms. The van der Waals surface area contributed by atoms with Crippen molar-refractivity contribution in [3.05, 3.63) is 0 Å². The fourth-order valence-corrected chi connectivity index (χ4v) is 3.59. The van der Waals surface area contributed by atoms with Gasteiger partial charge in [-0.15, -0.1) is 0 Å². The van der Waals surface area contributed by atoms with Gasteiger partial charge in [0.15, 0.2) is 0 Å². The van der Waals surface area contributed by atoms with Crippen LogP contribution in [0.1, 0.15) is 64.7 Å². The molecule has 2 unspecified atom stereocenters. The van der Waals surface area contributed by atoms with Crippen LogP contribution in [0, 0.1) is 5.92 Å². The molecule has 1 saturated carbocycles. The van der Waals surface area contributed by atoms with E-state index >= 15 is 0 Å². The number of likely N-dealkylation sites (tertiary alicyclic amines) is 1. The predicted octanol–water partition coefficient (Wildman–Crippen LogP) is 2.48. The van der Waals surface area contributed by atoms with Crippen molar-refractivity contribution in [1.82, 2.24) is 4.90 Å². The quantitative estimate of drug-likeness (QED) is 0.810. The van der Waals surface area contributed by atoms with E-state index in [-0.39, 0.29) is 6.04 Å². The zero-order valence-corrected chi connectivity index (χ0v) is 11.9. The topological polar surface area (TPSA) is 49.5 Å². The van der Waals surface area contributed by atoms with Crippen LogP contribution >= 0.6 is 0 Å². The van der Waals surface area contributed by atoms with E-state index < -0.39 is 5.72 Å². The first kappa shape index (κ1) is 14.3. The third-order valence-corrected chi connectivity index (χ3v) is 5.01. The van der Waals surface area contributed by atoms with Crippen molar-refractivity contribution in [3.8, 4) is 0 Å². The highest BCUT2D eigenvalue weighted by Gasteiger charge is 2.37. The predicted molar refractivity (Wildman–Crippen MR) is 75.2 cm³/mol. The van der Waals surface area contributed by atoms with E-state index in [2.05, 4.69) is 4.90 Å². The molecule has 1 aliphatic carbocycles. The summed E-state index contributed by atoms with van der Waals surface area (Å²) in [6, 6.07) is -0.0984. The largest absolute Gasteiger partial charge is 0.374 e. The summed E-state index contributed by atoms with van der Waals surface area (Å²) in [5, 5.41) is 10.7. The number of nitrogens with zero attached hydrogens (tertiary/aromatic N) is 1. The number of hydrogen-bond acceptors (Lipinski definition) is 3. The standard InChI is InChI=1S/C15H30N2O/c1-15(18,17-10-6-3-7-11-17)14(16)12-13-8-4-2-5-9-13/h13-14,18H,2-12,16H2,1H3. The minimum Gasteiger partial charge on any atom is -0.374 e. The van der Waals surface area contributed by atoms with Gasteiger partial charge in [-0.3, -0.25) is 4.90 Å². The van der Waals surface area contributed by atoms with Gasteiger partial charge in [-0.2, -0.15) is 0 Å². The molecule has 3 N–H and O–H groups in total. The lowest BCUT2D eigenvalue weighted by molar-refractivity contribution is -0.122. The molecule has 1 heterocycles. The maximum absolute atomic E-state index is 10.7. The van der Waals surface area contributed by atoms with Gasteiger partial charge in [0.1, 0.15) is 5.72 Å². The van der Waals surface area contributed by atoms with E-state index in [0.717, 1.165) is 25.4 Å². The Morgan fingerprint density at radius 1 is 1.11 bits per heavy atom. The first-order valence-electron chi connectivity index (χ1n) is 7.83. The fraction of sp³-hybridized carbons (Fsp3) is 1.00. The lowest BCUT2D eigenvalue weighted by Gasteiger charge is -2.44. The maximum atomic E-state index is 10.7. The lowest BCUT2D eigenvalue weighted by Crippen LogP contribution is -2.59. The number of piperidine rings is 1. The smallest absolute Gasteiger partial charge is 0.130 e. The molecule has 0 aromatic carbocycles. The van der Waals surface area contributed by atoms with E-state index in [1.807, 2.05) is 6.92 Å². The van der Waals surface area contributed by atoms with Crippen molar-refractivity contribution >= 4 is 0 Å². The van der Waals surface area contributed by atoms with E-state index in [4.69, 9.17) is 5.73 Å². The highest BCUT2D eigenvalue weighted by molar-refractivity contribution is 4.89. The van der Waals surface area contributed by atoms with Crippen molar-refractivity contribution < 1.29 is 5.11 Å². The summed E-state index contributed by atoms with van der Waals surface area (Å²) in [5.74, 6) is 0.741. The molecular formula is C15H30N2O. The molecule has 1 saturated heterocycles. The van der Waals surface area contributed by atoms with Crippen molar-refractivity contribution in [2.45, 2.75) is 76.5 Å². The Hall–Kier alpha value is -0.120. The molecule has 3 heteroatoms. The molecule has 0 spiro atoms. The molecule has 3 nitrogen and oxygen atoms in total. The number of nitrogens with two attached hydrogens (primary N) is 1. The molecule has 2 fully saturated rings. The Bertz CT molecular complexity index is 243. The first-order chi connectivity index (χ1) is 8.60. The van der Waals surface area contributed by atoms with Crippen LogP contribution < -0.4 is 5.73 Å². The van der Waals surface area contributed by atoms with Crippen LogP contribution in [0.25, 0.3) is 0 Å². The molecule has 2 aliphatic rings. The number of aliphatic hydroxyl groups is 1. The molecule has 2 atom stereocenters. The summed E-state index contributed by atoms with van der Waals surface area (Å²) in [5.41, 5.74) is 5.51. The molecule has 0 amide bonds. The SMILES string of the molecule is CC(O)(C(N)CC1CCCCC1)N1CCCCC1. The third-order valence-electron chi connectivity index (χ3n) is 5.01. The van der Waals surface area contributed by atoms with Crippen LogP contribution in [0.5, 0.6) is 0 Å². The Balaban J connectivity index is 1.86. The van der Waals surface area contributed by atoms with Gasteiger partial charge in [0.2, 0.25) is 0 Å². The zero-order valence-electron chi connectivity index (χ0n) is 11.9. The van der Waals surface area contributed by atoms with Crippen molar-refractivity contribution in [1.29, 1.82) is 0 Å². The van der Waals surface area contributed by atoms with Gasteiger partial charge in [0.25, 0.3) is 0 Å². The summed E-state index contributed by atoms with van der Waals surface area (Å²) in [4.78, 5) is 2.20. The van der Waals surface area contributed by atoms with E-state index in [1.54, 1.807) is 0 Å². The summed E-state index contributed by atoms with van der Waals surface area (Å²) in [6.45, 7) is 3.93. The van der Waals surface area contributed by atoms with Crippen LogP contribution in [0.4, 0.5) is 0 Å². The van der Waals surface area contributed by atoms with Crippen LogP contribution in [-0.4, -0.2) is 34.9 Å². The van der Waals surface area contributed by atoms with Crippen molar-refractivity contribution in [3.63, 3.8) is 0 Å². The van der Waals surface area contributed by atoms with E-state index in [0.29, 0.717) is 0 Å². The van der Waals surface area contributed by atoms with Crippen molar-refractivity contribution in [2.75, 3.05) is 13.1 Å². The van der Waals surface area contributed by atoms with Gasteiger partial charge < -0.3 is 10.8 Å². The average Bonchev–Trinajstić information content (AvgIpc) is 2.41. The first-order valence-corrected chi connectivity index (χ1v) is 7.83. The Labute approximate surface area is 112 Å². The number of rotatable bonds is 4. The minimum absolute atomic E-state index is 0.0984. The molecule has 106 valence electrons. The molecule has 18 heavy (non-hydrogen) atoms. The Morgan fingerprint density at radius 2 is 1.67 bits per heavy atom. The molecule has 0 aromatic heterocycles. The van der Waals surface area contributed by atoms with E-state index in [1.165, 1.54) is 51.4 Å². The summed E-state index contributed by atoms with van der Waals surface area (Å²) < 4.78 is 0. The van der Waals surface area contributed by atoms with Gasteiger partial charge in [0, 0.05) is 19.1 Å². The summed E-state index contributed by atoms with van der Waals surface area (Å²) >= 11 is 0. The van der Waals surface area contributed by atoms with Crippen LogP contribution in [0.3, 0.4) is 0 Å². The van der Waals surface area contributed by atoms with Gasteiger partial charge in [-0.05, 0) is 32.1 Å². The second kappa shape index (κ2) is 6.36. The second-order valence-corrected chi connectivity index (χ2v) is 6.49. The van der Waals surface area contributed by atoms with Gasteiger partial charge in [-0.25, -0.2) is 0 Å². The third kappa shape index (κ3) is 3.46. The number of hydrogen-bond donors (Lipinski definition) is 2.